The van der Waals surface area contributed by atoms with E-state index in [1.165, 1.54) is 24.4 Å². The smallest absolute Gasteiger partial charge is 0.226 e. The number of amides is 1. The van der Waals surface area contributed by atoms with Gasteiger partial charge in [0.2, 0.25) is 5.91 Å². The monoisotopic (exact) mass is 484 g/mol. The Balaban J connectivity index is 1.33. The first-order valence-corrected chi connectivity index (χ1v) is 11.4. The topological polar surface area (TPSA) is 73.0 Å². The zero-order chi connectivity index (χ0) is 24.9. The van der Waals surface area contributed by atoms with Crippen LogP contribution in [0.5, 0.6) is 0 Å². The Kier molecular flexibility index (Phi) is 6.66. The third-order valence-corrected chi connectivity index (χ3v) is 5.67. The number of nitrogens with zero attached hydrogens (tertiary/aromatic N) is 3. The molecular weight excluding hydrogens is 462 g/mol. The fourth-order valence-corrected chi connectivity index (χ4v) is 3.86. The molecule has 1 amide bonds. The number of nitrogens with one attached hydrogen (secondary N) is 1. The number of oxazole rings is 1. The van der Waals surface area contributed by atoms with Gasteiger partial charge in [-0.05, 0) is 42.0 Å². The molecule has 0 unspecified atom stereocenters. The quantitative estimate of drug-likeness (QED) is 0.289. The average molecular weight is 485 g/mol. The van der Waals surface area contributed by atoms with Crippen LogP contribution in [0.15, 0.2) is 95.8 Å². The van der Waals surface area contributed by atoms with Gasteiger partial charge in [-0.2, -0.15) is 0 Å². The van der Waals surface area contributed by atoms with E-state index in [9.17, 15) is 13.6 Å². The van der Waals surface area contributed by atoms with Crippen LogP contribution in [0.3, 0.4) is 0 Å². The molecule has 36 heavy (non-hydrogen) atoms. The fourth-order valence-electron chi connectivity index (χ4n) is 3.86. The van der Waals surface area contributed by atoms with Crippen molar-refractivity contribution in [1.29, 1.82) is 0 Å². The van der Waals surface area contributed by atoms with Crippen molar-refractivity contribution in [3.05, 3.63) is 114 Å². The van der Waals surface area contributed by atoms with Gasteiger partial charge in [-0.1, -0.05) is 42.5 Å². The maximum atomic E-state index is 14.0. The number of hydrogen-bond donors (Lipinski definition) is 1. The Hall–Kier alpha value is -4.59. The van der Waals surface area contributed by atoms with Crippen LogP contribution < -0.4 is 5.32 Å². The Bertz CT molecular complexity index is 1480. The summed E-state index contributed by atoms with van der Waals surface area (Å²) in [5, 5.41) is 2.95. The third kappa shape index (κ3) is 5.22. The minimum atomic E-state index is -0.405. The minimum Gasteiger partial charge on any atom is -0.441 e. The SMILES string of the molecule is O=C(CCc1ncc(-c2ccccc2F)o1)Nc1c(-c2ccc(F)cc2)ncn1Cc1ccccc1. The van der Waals surface area contributed by atoms with Crippen LogP contribution in [-0.4, -0.2) is 20.4 Å². The third-order valence-electron chi connectivity index (χ3n) is 5.67. The van der Waals surface area contributed by atoms with Crippen molar-refractivity contribution in [2.24, 2.45) is 0 Å². The zero-order valence-corrected chi connectivity index (χ0v) is 19.2. The second-order valence-corrected chi connectivity index (χ2v) is 8.21. The molecule has 0 aliphatic heterocycles. The van der Waals surface area contributed by atoms with Crippen molar-refractivity contribution in [1.82, 2.24) is 14.5 Å². The van der Waals surface area contributed by atoms with Gasteiger partial charge in [0.25, 0.3) is 0 Å². The predicted octanol–water partition coefficient (Wildman–Crippen LogP) is 6.10. The molecule has 180 valence electrons. The lowest BCUT2D eigenvalue weighted by Crippen LogP contribution is -2.16. The number of carbonyl (C=O) groups is 1. The predicted molar refractivity (Wildman–Crippen MR) is 132 cm³/mol. The maximum absolute atomic E-state index is 14.0. The van der Waals surface area contributed by atoms with Gasteiger partial charge in [0, 0.05) is 18.4 Å². The van der Waals surface area contributed by atoms with E-state index in [0.29, 0.717) is 40.8 Å². The molecule has 1 N–H and O–H groups in total. The number of rotatable bonds is 8. The summed E-state index contributed by atoms with van der Waals surface area (Å²) < 4.78 is 35.0. The summed E-state index contributed by atoms with van der Waals surface area (Å²) in [6.45, 7) is 0.496. The molecule has 3 aromatic carbocycles. The number of halogens is 2. The summed E-state index contributed by atoms with van der Waals surface area (Å²) in [7, 11) is 0. The molecule has 0 fully saturated rings. The van der Waals surface area contributed by atoms with E-state index >= 15 is 0 Å². The molecule has 0 bridgehead atoms. The van der Waals surface area contributed by atoms with Crippen molar-refractivity contribution in [2.45, 2.75) is 19.4 Å². The molecule has 0 saturated carbocycles. The second-order valence-electron chi connectivity index (χ2n) is 8.21. The lowest BCUT2D eigenvalue weighted by atomic mass is 10.1. The molecule has 5 aromatic rings. The first-order valence-electron chi connectivity index (χ1n) is 11.4. The first-order chi connectivity index (χ1) is 17.6. The highest BCUT2D eigenvalue weighted by molar-refractivity contribution is 5.93. The fraction of sp³-hybridized carbons (Fsp3) is 0.107. The molecule has 2 aromatic heterocycles. The van der Waals surface area contributed by atoms with E-state index in [1.807, 2.05) is 34.9 Å². The van der Waals surface area contributed by atoms with Crippen molar-refractivity contribution < 1.29 is 18.0 Å². The molecule has 0 atom stereocenters. The molecule has 2 heterocycles. The Morgan fingerprint density at radius 1 is 0.917 bits per heavy atom. The average Bonchev–Trinajstić information content (AvgIpc) is 3.52. The van der Waals surface area contributed by atoms with Crippen molar-refractivity contribution >= 4 is 11.7 Å². The van der Waals surface area contributed by atoms with Gasteiger partial charge < -0.3 is 14.3 Å². The minimum absolute atomic E-state index is 0.0938. The standard InChI is InChI=1S/C28H22F2N4O2/c29-21-12-10-20(11-13-21)27-28(34(18-32-27)17-19-6-2-1-3-7-19)33-25(35)14-15-26-31-16-24(36-26)22-8-4-5-9-23(22)30/h1-13,16,18H,14-15,17H2,(H,33,35). The molecular formula is C28H22F2N4O2. The molecule has 0 spiro atoms. The summed E-state index contributed by atoms with van der Waals surface area (Å²) in [6, 6.07) is 22.0. The Morgan fingerprint density at radius 2 is 1.67 bits per heavy atom. The lowest BCUT2D eigenvalue weighted by Gasteiger charge is -2.12. The Labute approximate surface area is 206 Å². The van der Waals surface area contributed by atoms with Gasteiger partial charge in [-0.25, -0.2) is 18.7 Å². The highest BCUT2D eigenvalue weighted by Gasteiger charge is 2.17. The van der Waals surface area contributed by atoms with Gasteiger partial charge in [0.15, 0.2) is 11.7 Å². The molecule has 0 aliphatic carbocycles. The number of aromatic nitrogens is 3. The van der Waals surface area contributed by atoms with Crippen LogP contribution in [0.1, 0.15) is 17.9 Å². The van der Waals surface area contributed by atoms with E-state index in [4.69, 9.17) is 4.42 Å². The summed E-state index contributed by atoms with van der Waals surface area (Å²) >= 11 is 0. The van der Waals surface area contributed by atoms with E-state index in [-0.39, 0.29) is 24.6 Å². The largest absolute Gasteiger partial charge is 0.441 e. The van der Waals surface area contributed by atoms with E-state index in [0.717, 1.165) is 5.56 Å². The van der Waals surface area contributed by atoms with Crippen LogP contribution in [0.4, 0.5) is 14.6 Å². The maximum Gasteiger partial charge on any atom is 0.226 e. The number of anilines is 1. The highest BCUT2D eigenvalue weighted by Crippen LogP contribution is 2.28. The van der Waals surface area contributed by atoms with Gasteiger partial charge in [0.05, 0.1) is 24.6 Å². The van der Waals surface area contributed by atoms with Crippen LogP contribution in [-0.2, 0) is 17.8 Å². The molecule has 0 radical (unpaired) electrons. The molecule has 8 heteroatoms. The number of benzene rings is 3. The first kappa shape index (κ1) is 23.2. The van der Waals surface area contributed by atoms with E-state index < -0.39 is 5.82 Å². The van der Waals surface area contributed by atoms with Gasteiger partial charge in [-0.15, -0.1) is 0 Å². The number of aryl methyl sites for hydroxylation is 1. The van der Waals surface area contributed by atoms with Crippen LogP contribution in [0.25, 0.3) is 22.6 Å². The van der Waals surface area contributed by atoms with Crippen molar-refractivity contribution in [2.75, 3.05) is 5.32 Å². The number of imidazole rings is 1. The summed E-state index contributed by atoms with van der Waals surface area (Å²) in [6.07, 6.45) is 3.43. The lowest BCUT2D eigenvalue weighted by molar-refractivity contribution is -0.116. The normalized spacial score (nSPS) is 10.9. The number of carbonyl (C=O) groups excluding carboxylic acids is 1. The van der Waals surface area contributed by atoms with E-state index in [2.05, 4.69) is 15.3 Å². The van der Waals surface area contributed by atoms with Crippen molar-refractivity contribution in [3.63, 3.8) is 0 Å². The molecule has 0 aliphatic rings. The molecule has 0 saturated heterocycles. The van der Waals surface area contributed by atoms with Gasteiger partial charge in [-0.3, -0.25) is 4.79 Å². The molecule has 5 rings (SSSR count). The summed E-state index contributed by atoms with van der Waals surface area (Å²) in [5.74, 6) is 0.128. The molecule has 6 nitrogen and oxygen atoms in total. The Morgan fingerprint density at radius 3 is 2.44 bits per heavy atom. The summed E-state index contributed by atoms with van der Waals surface area (Å²) in [4.78, 5) is 21.6. The van der Waals surface area contributed by atoms with Gasteiger partial charge >= 0.3 is 0 Å². The van der Waals surface area contributed by atoms with Crippen molar-refractivity contribution in [3.8, 4) is 22.6 Å². The second kappa shape index (κ2) is 10.4. The van der Waals surface area contributed by atoms with Crippen LogP contribution in [0.2, 0.25) is 0 Å². The van der Waals surface area contributed by atoms with Gasteiger partial charge in [0.1, 0.15) is 23.1 Å². The number of hydrogen-bond acceptors (Lipinski definition) is 4. The van der Waals surface area contributed by atoms with Crippen LogP contribution in [0, 0.1) is 11.6 Å². The highest BCUT2D eigenvalue weighted by atomic mass is 19.1. The zero-order valence-electron chi connectivity index (χ0n) is 19.2. The van der Waals surface area contributed by atoms with E-state index in [1.54, 1.807) is 36.7 Å². The summed E-state index contributed by atoms with van der Waals surface area (Å²) in [5.41, 5.74) is 2.57. The van der Waals surface area contributed by atoms with Crippen LogP contribution >= 0.6 is 0 Å².